The van der Waals surface area contributed by atoms with E-state index in [1.807, 2.05) is 0 Å². The van der Waals surface area contributed by atoms with Crippen LogP contribution in [0.25, 0.3) is 0 Å². The second-order valence-electron chi connectivity index (χ2n) is 2.89. The third-order valence-corrected chi connectivity index (χ3v) is 5.79. The minimum atomic E-state index is -2.77. The lowest BCUT2D eigenvalue weighted by Crippen LogP contribution is -2.50. The summed E-state index contributed by atoms with van der Waals surface area (Å²) in [6.45, 7) is 0.394. The summed E-state index contributed by atoms with van der Waals surface area (Å²) in [7, 11) is 0.145. The molecule has 0 radical (unpaired) electrons. The van der Waals surface area contributed by atoms with Crippen LogP contribution in [0.1, 0.15) is 6.42 Å². The Hall–Kier alpha value is -0.433. The van der Waals surface area contributed by atoms with Gasteiger partial charge in [0.05, 0.1) is 12.8 Å². The standard InChI is InChI=1S/C7H14O5Si/c1-10-13(5-8,11-2)6-3-4-12-7(6)9/h6,8H,3-5H2,1-2H3. The Balaban J connectivity index is 2.79. The molecule has 0 saturated carbocycles. The number of carbonyl (C=O) groups is 1. The van der Waals surface area contributed by atoms with Gasteiger partial charge in [-0.25, -0.2) is 0 Å². The molecule has 0 aromatic carbocycles. The Labute approximate surface area is 77.8 Å². The van der Waals surface area contributed by atoms with Gasteiger partial charge >= 0.3 is 14.5 Å². The van der Waals surface area contributed by atoms with Crippen molar-refractivity contribution in [2.45, 2.75) is 12.0 Å². The zero-order valence-corrected chi connectivity index (χ0v) is 8.78. The SMILES string of the molecule is CO[Si](CO)(OC)C1CCOC1=O. The molecule has 1 unspecified atom stereocenters. The first-order valence-electron chi connectivity index (χ1n) is 4.08. The highest BCUT2D eigenvalue weighted by Gasteiger charge is 2.51. The van der Waals surface area contributed by atoms with E-state index in [1.165, 1.54) is 14.2 Å². The number of carbonyl (C=O) groups excluding carboxylic acids is 1. The summed E-state index contributed by atoms with van der Waals surface area (Å²) in [5.74, 6) is -0.315. The fourth-order valence-corrected chi connectivity index (χ4v) is 3.72. The lowest BCUT2D eigenvalue weighted by Gasteiger charge is -2.28. The summed E-state index contributed by atoms with van der Waals surface area (Å²) in [4.78, 5) is 11.2. The summed E-state index contributed by atoms with van der Waals surface area (Å²) < 4.78 is 15.1. The summed E-state index contributed by atoms with van der Waals surface area (Å²) >= 11 is 0. The van der Waals surface area contributed by atoms with E-state index >= 15 is 0 Å². The normalized spacial score (nSPS) is 23.3. The zero-order valence-electron chi connectivity index (χ0n) is 7.78. The molecule has 1 atom stereocenters. The molecule has 1 aliphatic rings. The number of aliphatic hydroxyl groups excluding tert-OH is 1. The Bertz CT molecular complexity index is 183. The molecule has 0 aliphatic carbocycles. The third kappa shape index (κ3) is 1.75. The van der Waals surface area contributed by atoms with Gasteiger partial charge in [-0.1, -0.05) is 0 Å². The number of hydrogen-bond donors (Lipinski definition) is 1. The van der Waals surface area contributed by atoms with E-state index in [0.29, 0.717) is 13.0 Å². The van der Waals surface area contributed by atoms with Crippen LogP contribution in [-0.2, 0) is 18.4 Å². The van der Waals surface area contributed by atoms with Gasteiger partial charge in [-0.3, -0.25) is 4.79 Å². The van der Waals surface area contributed by atoms with Crippen LogP contribution < -0.4 is 0 Å². The molecular formula is C7H14O5Si. The van der Waals surface area contributed by atoms with E-state index in [1.54, 1.807) is 0 Å². The quantitative estimate of drug-likeness (QED) is 0.499. The zero-order chi connectivity index (χ0) is 9.90. The second-order valence-corrected chi connectivity index (χ2v) is 6.34. The van der Waals surface area contributed by atoms with Crippen LogP contribution in [0.3, 0.4) is 0 Å². The minimum Gasteiger partial charge on any atom is -0.466 e. The highest BCUT2D eigenvalue weighted by Crippen LogP contribution is 2.32. The third-order valence-electron chi connectivity index (χ3n) is 2.38. The number of rotatable bonds is 4. The molecule has 1 N–H and O–H groups in total. The van der Waals surface area contributed by atoms with Crippen molar-refractivity contribution < 1.29 is 23.5 Å². The number of hydrogen-bond acceptors (Lipinski definition) is 5. The van der Waals surface area contributed by atoms with Gasteiger partial charge in [0.1, 0.15) is 5.54 Å². The van der Waals surface area contributed by atoms with Gasteiger partial charge in [0.15, 0.2) is 0 Å². The molecule has 0 spiro atoms. The lowest BCUT2D eigenvalue weighted by atomic mass is 10.4. The van der Waals surface area contributed by atoms with Crippen molar-refractivity contribution in [3.8, 4) is 0 Å². The lowest BCUT2D eigenvalue weighted by molar-refractivity contribution is -0.138. The molecule has 6 heteroatoms. The summed E-state index contributed by atoms with van der Waals surface area (Å²) in [6.07, 6.45) is 0.354. The van der Waals surface area contributed by atoms with Crippen molar-refractivity contribution in [2.24, 2.45) is 0 Å². The van der Waals surface area contributed by atoms with Crippen molar-refractivity contribution in [2.75, 3.05) is 27.1 Å². The maximum absolute atomic E-state index is 11.2. The largest absolute Gasteiger partial charge is 0.466 e. The molecule has 0 amide bonds. The number of cyclic esters (lactones) is 1. The Morgan fingerprint density at radius 3 is 2.54 bits per heavy atom. The van der Waals surface area contributed by atoms with E-state index in [0.717, 1.165) is 0 Å². The maximum Gasteiger partial charge on any atom is 0.378 e. The van der Waals surface area contributed by atoms with E-state index in [4.69, 9.17) is 18.7 Å². The van der Waals surface area contributed by atoms with Crippen LogP contribution in [0.5, 0.6) is 0 Å². The molecule has 0 bridgehead atoms. The molecule has 0 aromatic heterocycles. The molecule has 5 nitrogen and oxygen atoms in total. The van der Waals surface area contributed by atoms with Crippen molar-refractivity contribution in [3.63, 3.8) is 0 Å². The number of esters is 1. The highest BCUT2D eigenvalue weighted by atomic mass is 28.4. The molecule has 1 aliphatic heterocycles. The van der Waals surface area contributed by atoms with Gasteiger partial charge in [-0.15, -0.1) is 0 Å². The predicted molar refractivity (Wildman–Crippen MR) is 46.2 cm³/mol. The van der Waals surface area contributed by atoms with Crippen LogP contribution in [-0.4, -0.2) is 46.7 Å². The van der Waals surface area contributed by atoms with Crippen LogP contribution in [0.15, 0.2) is 0 Å². The molecule has 1 fully saturated rings. The summed E-state index contributed by atoms with van der Waals surface area (Å²) in [6, 6.07) is 0. The van der Waals surface area contributed by atoms with Crippen molar-refractivity contribution in [1.82, 2.24) is 0 Å². The van der Waals surface area contributed by atoms with Crippen molar-refractivity contribution in [3.05, 3.63) is 0 Å². The van der Waals surface area contributed by atoms with Crippen molar-refractivity contribution >= 4 is 14.5 Å². The highest BCUT2D eigenvalue weighted by molar-refractivity contribution is 6.72. The Morgan fingerprint density at radius 2 is 2.23 bits per heavy atom. The average molecular weight is 206 g/mol. The maximum atomic E-state index is 11.2. The topological polar surface area (TPSA) is 65.0 Å². The fourth-order valence-electron chi connectivity index (χ4n) is 1.50. The molecule has 13 heavy (non-hydrogen) atoms. The van der Waals surface area contributed by atoms with Crippen LogP contribution in [0.4, 0.5) is 0 Å². The molecule has 76 valence electrons. The fraction of sp³-hybridized carbons (Fsp3) is 0.857. The number of aliphatic hydroxyl groups is 1. The predicted octanol–water partition coefficient (Wildman–Crippen LogP) is -0.430. The molecule has 1 rings (SSSR count). The van der Waals surface area contributed by atoms with Gasteiger partial charge in [0, 0.05) is 14.2 Å². The Morgan fingerprint density at radius 1 is 1.62 bits per heavy atom. The van der Waals surface area contributed by atoms with E-state index in [2.05, 4.69) is 0 Å². The first kappa shape index (κ1) is 10.6. The first-order valence-corrected chi connectivity index (χ1v) is 6.18. The first-order chi connectivity index (χ1) is 6.20. The summed E-state index contributed by atoms with van der Waals surface area (Å²) in [5, 5.41) is 9.16. The second kappa shape index (κ2) is 4.19. The Kier molecular flexibility index (Phi) is 3.43. The molecular weight excluding hydrogens is 192 g/mol. The van der Waals surface area contributed by atoms with E-state index in [9.17, 15) is 4.79 Å². The van der Waals surface area contributed by atoms with Crippen LogP contribution in [0, 0.1) is 0 Å². The number of ether oxygens (including phenoxy) is 1. The van der Waals surface area contributed by atoms with Gasteiger partial charge in [0.25, 0.3) is 0 Å². The van der Waals surface area contributed by atoms with Gasteiger partial charge in [-0.05, 0) is 6.42 Å². The van der Waals surface area contributed by atoms with E-state index in [-0.39, 0.29) is 12.2 Å². The molecule has 0 aromatic rings. The van der Waals surface area contributed by atoms with Gasteiger partial charge in [-0.2, -0.15) is 0 Å². The van der Waals surface area contributed by atoms with E-state index < -0.39 is 14.1 Å². The van der Waals surface area contributed by atoms with Gasteiger partial charge in [0.2, 0.25) is 0 Å². The van der Waals surface area contributed by atoms with Crippen molar-refractivity contribution in [1.29, 1.82) is 0 Å². The average Bonchev–Trinajstić information content (AvgIpc) is 2.57. The van der Waals surface area contributed by atoms with Crippen LogP contribution >= 0.6 is 0 Å². The minimum absolute atomic E-state index is 0.222. The molecule has 1 heterocycles. The smallest absolute Gasteiger partial charge is 0.378 e. The summed E-state index contributed by atoms with van der Waals surface area (Å²) in [5.41, 5.74) is -0.396. The monoisotopic (exact) mass is 206 g/mol. The van der Waals surface area contributed by atoms with Crippen LogP contribution in [0.2, 0.25) is 5.54 Å². The molecule has 1 saturated heterocycles. The van der Waals surface area contributed by atoms with Gasteiger partial charge < -0.3 is 18.7 Å².